The molecule has 476 valence electrons. The molecule has 8 rings (SSSR count). The van der Waals surface area contributed by atoms with Crippen molar-refractivity contribution in [1.82, 2.24) is 16.1 Å². The van der Waals surface area contributed by atoms with Gasteiger partial charge in [-0.15, -0.1) is 0 Å². The van der Waals surface area contributed by atoms with Gasteiger partial charge in [0.25, 0.3) is 0 Å². The molecular formula is C59H80IN3O20S3. The van der Waals surface area contributed by atoms with Gasteiger partial charge in [-0.05, 0) is 94.4 Å². The lowest BCUT2D eigenvalue weighted by molar-refractivity contribution is -0.336. The summed E-state index contributed by atoms with van der Waals surface area (Å²) >= 11 is 2.84. The van der Waals surface area contributed by atoms with Gasteiger partial charge in [-0.25, -0.2) is 0 Å². The zero-order valence-electron chi connectivity index (χ0n) is 49.7. The zero-order valence-corrected chi connectivity index (χ0v) is 54.3. The van der Waals surface area contributed by atoms with E-state index in [-0.39, 0.29) is 83.3 Å². The van der Waals surface area contributed by atoms with E-state index in [0.717, 1.165) is 31.3 Å². The molecule has 8 N–H and O–H groups in total. The average Bonchev–Trinajstić information content (AvgIpc) is 1.57. The van der Waals surface area contributed by atoms with Crippen molar-refractivity contribution in [3.63, 3.8) is 0 Å². The predicted octanol–water partition coefficient (Wildman–Crippen LogP) is 2.95. The number of methoxy groups -OCH3 is 4. The quantitative estimate of drug-likeness (QED) is 0.0257. The molecule has 2 aliphatic carbocycles. The maximum absolute atomic E-state index is 14.5. The minimum absolute atomic E-state index is 0.0345. The largest absolute Gasteiger partial charge is 0.492 e. The number of likely N-dealkylation sites (N-methyl/N-ethyl adjacent to an activating group) is 1. The highest BCUT2D eigenvalue weighted by Crippen LogP contribution is 2.49. The Kier molecular flexibility index (Phi) is 25.2. The second kappa shape index (κ2) is 31.4. The number of nitrogens with one attached hydrogen (secondary N) is 3. The van der Waals surface area contributed by atoms with Crippen LogP contribution in [0.25, 0.3) is 0 Å². The van der Waals surface area contributed by atoms with Crippen LogP contribution in [-0.2, 0) is 52.3 Å². The Morgan fingerprint density at radius 3 is 2.33 bits per heavy atom. The van der Waals surface area contributed by atoms with Crippen molar-refractivity contribution in [2.24, 2.45) is 0 Å². The van der Waals surface area contributed by atoms with Crippen LogP contribution in [0.3, 0.4) is 0 Å². The lowest BCUT2D eigenvalue weighted by Gasteiger charge is -2.46. The molecule has 27 heteroatoms. The van der Waals surface area contributed by atoms with Crippen LogP contribution < -0.4 is 30.3 Å². The molecule has 0 saturated carbocycles. The predicted molar refractivity (Wildman–Crippen MR) is 327 cm³/mol. The summed E-state index contributed by atoms with van der Waals surface area (Å²) < 4.78 is 68.0. The van der Waals surface area contributed by atoms with Gasteiger partial charge in [-0.2, -0.15) is 5.48 Å². The number of ether oxygens (including phenoxy) is 11. The first-order valence-electron chi connectivity index (χ1n) is 28.7. The molecule has 5 aliphatic heterocycles. The molecule has 1 aromatic rings. The number of carbonyl (C=O) groups excluding carboxylic acids is 3. The second-order valence-electron chi connectivity index (χ2n) is 21.9. The van der Waals surface area contributed by atoms with Crippen molar-refractivity contribution in [2.45, 2.75) is 194 Å². The highest BCUT2D eigenvalue weighted by molar-refractivity contribution is 14.1. The van der Waals surface area contributed by atoms with E-state index < -0.39 is 120 Å². The molecule has 7 aliphatic rings. The molecule has 86 heavy (non-hydrogen) atoms. The van der Waals surface area contributed by atoms with Gasteiger partial charge in [0.05, 0.1) is 84.2 Å². The van der Waals surface area contributed by atoms with Crippen molar-refractivity contribution in [3.05, 3.63) is 49.6 Å². The fourth-order valence-corrected chi connectivity index (χ4v) is 15.7. The SMILES string of the molecule is CCN[C@H]1CO[C@@H](O[C@H]2[C@H](O[C@H]3C#C/C=C\C#C[C@]4(O)CC(=O)C(CC(C)=O)=C3/C4=C\CSS[C@@H]3CCNC3)O[C@H](C)[C@@H](NO[C@H]3C[C@H](O)[C@H](SC(=O)c4c(C)c(I)c(O[C@@H]5O[C@@H](C)[C@H](O)[C@@H](OC)[C@H]5O)c(OC)c4OC)[C@@H](C)O3)[C@@H]2O)C[C@@H]1OC. The van der Waals surface area contributed by atoms with Crippen molar-refractivity contribution in [3.8, 4) is 40.9 Å². The molecule has 1 aromatic carbocycles. The lowest BCUT2D eigenvalue weighted by Crippen LogP contribution is -2.65. The van der Waals surface area contributed by atoms with Crippen molar-refractivity contribution >= 4 is 72.6 Å². The third kappa shape index (κ3) is 15.9. The highest BCUT2D eigenvalue weighted by Gasteiger charge is 2.52. The topological polar surface area (TPSA) is 299 Å². The lowest BCUT2D eigenvalue weighted by atomic mass is 9.72. The fraction of sp³-hybridized carbons (Fsp3) is 0.678. The van der Waals surface area contributed by atoms with Crippen LogP contribution in [0.2, 0.25) is 0 Å². The van der Waals surface area contributed by atoms with Gasteiger partial charge in [0, 0.05) is 67.7 Å². The number of fused-ring (bicyclic) bond motifs is 2. The van der Waals surface area contributed by atoms with Gasteiger partial charge in [-0.1, -0.05) is 70.0 Å². The van der Waals surface area contributed by atoms with E-state index in [0.29, 0.717) is 26.7 Å². The van der Waals surface area contributed by atoms with E-state index in [9.17, 15) is 39.9 Å². The van der Waals surface area contributed by atoms with Gasteiger partial charge >= 0.3 is 0 Å². The van der Waals surface area contributed by atoms with Crippen LogP contribution in [0.4, 0.5) is 0 Å². The average molecular weight is 1370 g/mol. The molecular weight excluding hydrogens is 1290 g/mol. The Bertz CT molecular complexity index is 2790. The summed E-state index contributed by atoms with van der Waals surface area (Å²) in [7, 11) is 9.00. The zero-order chi connectivity index (χ0) is 62.1. The van der Waals surface area contributed by atoms with E-state index in [1.807, 2.05) is 35.6 Å². The van der Waals surface area contributed by atoms with Crippen LogP contribution in [0, 0.1) is 34.2 Å². The summed E-state index contributed by atoms with van der Waals surface area (Å²) in [6, 6.07) is -1.22. The Labute approximate surface area is 527 Å². The van der Waals surface area contributed by atoms with Gasteiger partial charge in [-0.3, -0.25) is 19.2 Å². The summed E-state index contributed by atoms with van der Waals surface area (Å²) in [6.45, 7) is 12.7. The Morgan fingerprint density at radius 1 is 0.907 bits per heavy atom. The summed E-state index contributed by atoms with van der Waals surface area (Å²) in [5, 5.41) is 64.2. The molecule has 0 radical (unpaired) electrons. The highest BCUT2D eigenvalue weighted by atomic mass is 127. The fourth-order valence-electron chi connectivity index (χ4n) is 11.5. The number of hydroxylamine groups is 1. The molecule has 20 atom stereocenters. The Balaban J connectivity index is 1.01. The molecule has 0 aromatic heterocycles. The third-order valence-corrected chi connectivity index (χ3v) is 21.4. The van der Waals surface area contributed by atoms with E-state index in [4.69, 9.17) is 56.9 Å². The van der Waals surface area contributed by atoms with Gasteiger partial charge in [0.2, 0.25) is 17.2 Å². The van der Waals surface area contributed by atoms with Crippen LogP contribution in [0.15, 0.2) is 34.9 Å². The standard InChI is InChI=1S/C59H80IN3O20S3/c1-11-62-36-27-76-41(24-40(36)72-7)81-53-48(68)46(30(4)78-58(53)80-39-16-14-12-13-15-19-59(71)25-38(66)34(22-28(2)64)44(39)35(59)18-21-84-86-33-17-20-61-26-33)63-83-42-23-37(65)55(32(6)77-42)85-56(70)43-29(3)45(60)51(54(75-10)50(43)73-8)82-57-49(69)52(74-9)47(67)31(5)79-57/h12-13,18,30-33,36-37,39-42,46-49,52-53,55,57-58,61-63,65,67-69,71H,11,17,20-27H2,1-10H3/b13-12-,35-18+/t30-,31+,32-,33-,36+,37+,39+,40+,41+,42+,46-,47+,48+,49-,52-,53-,55-,57+,58+,59+/m1/s1. The molecule has 0 spiro atoms. The molecule has 0 amide bonds. The number of aliphatic hydroxyl groups excluding tert-OH is 4. The first-order valence-corrected chi connectivity index (χ1v) is 33.0. The molecule has 5 fully saturated rings. The number of benzene rings is 1. The normalized spacial score (nSPS) is 37.2. The molecule has 5 heterocycles. The van der Waals surface area contributed by atoms with Crippen LogP contribution >= 0.6 is 55.9 Å². The summed E-state index contributed by atoms with van der Waals surface area (Å²) in [4.78, 5) is 47.8. The molecule has 2 bridgehead atoms. The first kappa shape index (κ1) is 69.0. The number of Topliss-reactive ketones (excluding diaryl/α,β-unsaturated/α-hetero) is 2. The van der Waals surface area contributed by atoms with Gasteiger partial charge in [0.1, 0.15) is 42.4 Å². The third-order valence-electron chi connectivity index (χ3n) is 16.0. The maximum atomic E-state index is 14.5. The van der Waals surface area contributed by atoms with Crippen molar-refractivity contribution in [1.29, 1.82) is 0 Å². The van der Waals surface area contributed by atoms with Crippen molar-refractivity contribution < 1.29 is 96.9 Å². The molecule has 23 nitrogen and oxygen atoms in total. The van der Waals surface area contributed by atoms with E-state index >= 15 is 0 Å². The Morgan fingerprint density at radius 2 is 1.65 bits per heavy atom. The number of rotatable bonds is 23. The summed E-state index contributed by atoms with van der Waals surface area (Å²) in [6.07, 6.45) is -11.3. The number of carbonyl (C=O) groups is 3. The number of hydrogen-bond donors (Lipinski definition) is 8. The smallest absolute Gasteiger partial charge is 0.229 e. The van der Waals surface area contributed by atoms with E-state index in [2.05, 4.69) is 39.8 Å². The minimum Gasteiger partial charge on any atom is -0.492 e. The summed E-state index contributed by atoms with van der Waals surface area (Å²) in [5.41, 5.74) is 2.11. The van der Waals surface area contributed by atoms with Crippen LogP contribution in [0.5, 0.6) is 17.2 Å². The Hall–Kier alpha value is -2.93. The first-order chi connectivity index (χ1) is 41.2. The number of aliphatic hydroxyl groups is 5. The van der Waals surface area contributed by atoms with Gasteiger partial charge < -0.3 is 88.3 Å². The molecule has 5 saturated heterocycles. The maximum Gasteiger partial charge on any atom is 0.229 e. The minimum atomic E-state index is -1.98. The number of hydrogen-bond acceptors (Lipinski definition) is 26. The van der Waals surface area contributed by atoms with E-state index in [1.165, 1.54) is 40.4 Å². The number of halogens is 1. The summed E-state index contributed by atoms with van der Waals surface area (Å²) in [5.74, 6) is 11.6. The number of allylic oxidation sites excluding steroid dienone is 3. The van der Waals surface area contributed by atoms with Crippen LogP contribution in [-0.4, -0.2) is 223 Å². The van der Waals surface area contributed by atoms with Gasteiger partial charge in [0.15, 0.2) is 41.8 Å². The molecule has 0 unspecified atom stereocenters. The van der Waals surface area contributed by atoms with Crippen molar-refractivity contribution in [2.75, 3.05) is 60.4 Å². The monoisotopic (exact) mass is 1370 g/mol. The van der Waals surface area contributed by atoms with E-state index in [1.54, 1.807) is 56.4 Å². The second-order valence-corrected chi connectivity index (χ2v) is 26.9. The number of thioether (sulfide) groups is 1. The number of ketones is 2. The van der Waals surface area contributed by atoms with Crippen LogP contribution in [0.1, 0.15) is 82.6 Å².